The molecule has 0 fully saturated rings. The average Bonchev–Trinajstić information content (AvgIpc) is 3.03. The number of nitrogens with zero attached hydrogens (tertiary/aromatic N) is 1. The van der Waals surface area contributed by atoms with E-state index in [0.29, 0.717) is 17.7 Å². The van der Waals surface area contributed by atoms with Crippen LogP contribution in [0.2, 0.25) is 0 Å². The maximum atomic E-state index is 12.8. The van der Waals surface area contributed by atoms with Crippen LogP contribution in [0.5, 0.6) is 0 Å². The molecule has 2 aromatic carbocycles. The van der Waals surface area contributed by atoms with Crippen molar-refractivity contribution in [1.29, 1.82) is 0 Å². The summed E-state index contributed by atoms with van der Waals surface area (Å²) in [5, 5.41) is 2.56. The Morgan fingerprint density at radius 1 is 1.00 bits per heavy atom. The van der Waals surface area contributed by atoms with E-state index in [1.165, 1.54) is 13.0 Å². The van der Waals surface area contributed by atoms with Crippen molar-refractivity contribution in [2.24, 2.45) is 0 Å². The predicted octanol–water partition coefficient (Wildman–Crippen LogP) is 3.23. The van der Waals surface area contributed by atoms with E-state index in [4.69, 9.17) is 4.74 Å². The Balaban J connectivity index is 1.67. The number of unbranched alkanes of at least 4 members (excludes halogenated alkanes) is 1. The maximum absolute atomic E-state index is 12.8. The molecule has 0 radical (unpaired) electrons. The third kappa shape index (κ3) is 4.91. The third-order valence-electron chi connectivity index (χ3n) is 5.14. The Kier molecular flexibility index (Phi) is 7.14. The molecule has 0 aromatic heterocycles. The summed E-state index contributed by atoms with van der Waals surface area (Å²) in [6.45, 7) is 2.75. The molecule has 1 aliphatic heterocycles. The van der Waals surface area contributed by atoms with E-state index >= 15 is 0 Å². The van der Waals surface area contributed by atoms with E-state index in [-0.39, 0.29) is 23.3 Å². The number of anilines is 1. The van der Waals surface area contributed by atoms with Gasteiger partial charge in [0.2, 0.25) is 0 Å². The lowest BCUT2D eigenvalue weighted by atomic mass is 10.1. The average molecular weight is 436 g/mol. The molecule has 0 unspecified atom stereocenters. The van der Waals surface area contributed by atoms with Crippen LogP contribution in [-0.4, -0.2) is 47.0 Å². The van der Waals surface area contributed by atoms with Crippen molar-refractivity contribution >= 4 is 35.2 Å². The second kappa shape index (κ2) is 10.00. The lowest BCUT2D eigenvalue weighted by Crippen LogP contribution is -2.46. The molecule has 0 saturated heterocycles. The molecule has 8 heteroatoms. The summed E-state index contributed by atoms with van der Waals surface area (Å²) in [4.78, 5) is 63.0. The van der Waals surface area contributed by atoms with Crippen LogP contribution in [0.25, 0.3) is 0 Å². The van der Waals surface area contributed by atoms with E-state index in [1.54, 1.807) is 42.5 Å². The molecule has 32 heavy (non-hydrogen) atoms. The molecule has 0 bridgehead atoms. The summed E-state index contributed by atoms with van der Waals surface area (Å²) in [7, 11) is 0. The fourth-order valence-corrected chi connectivity index (χ4v) is 3.49. The molecule has 3 rings (SSSR count). The highest BCUT2D eigenvalue weighted by molar-refractivity contribution is 6.22. The van der Waals surface area contributed by atoms with Gasteiger partial charge < -0.3 is 10.1 Å². The van der Waals surface area contributed by atoms with Gasteiger partial charge in [0.15, 0.2) is 12.4 Å². The van der Waals surface area contributed by atoms with Gasteiger partial charge in [-0.3, -0.25) is 24.1 Å². The molecular weight excluding hydrogens is 412 g/mol. The van der Waals surface area contributed by atoms with E-state index in [1.807, 2.05) is 6.92 Å². The van der Waals surface area contributed by atoms with Crippen molar-refractivity contribution in [2.75, 3.05) is 11.9 Å². The number of ketones is 1. The van der Waals surface area contributed by atoms with Gasteiger partial charge in [0.25, 0.3) is 17.7 Å². The maximum Gasteiger partial charge on any atom is 0.329 e. The number of fused-ring (bicyclic) bond motifs is 1. The fourth-order valence-electron chi connectivity index (χ4n) is 3.49. The van der Waals surface area contributed by atoms with Crippen LogP contribution in [0.1, 0.15) is 64.2 Å². The highest BCUT2D eigenvalue weighted by Crippen LogP contribution is 2.27. The van der Waals surface area contributed by atoms with Crippen LogP contribution < -0.4 is 5.32 Å². The molecule has 166 valence electrons. The Morgan fingerprint density at radius 3 is 2.25 bits per heavy atom. The van der Waals surface area contributed by atoms with Gasteiger partial charge in [-0.25, -0.2) is 4.79 Å². The van der Waals surface area contributed by atoms with Crippen LogP contribution in [0, 0.1) is 0 Å². The second-order valence-corrected chi connectivity index (χ2v) is 7.48. The number of rotatable bonds is 9. The number of hydrogen-bond acceptors (Lipinski definition) is 6. The first-order valence-corrected chi connectivity index (χ1v) is 10.4. The quantitative estimate of drug-likeness (QED) is 0.367. The first kappa shape index (κ1) is 22.9. The first-order chi connectivity index (χ1) is 15.3. The van der Waals surface area contributed by atoms with Gasteiger partial charge in [-0.1, -0.05) is 44.0 Å². The number of nitrogens with one attached hydrogen (secondary N) is 1. The normalized spacial score (nSPS) is 13.5. The van der Waals surface area contributed by atoms with Crippen molar-refractivity contribution in [3.05, 3.63) is 65.2 Å². The zero-order chi connectivity index (χ0) is 23.3. The van der Waals surface area contributed by atoms with Crippen molar-refractivity contribution in [3.8, 4) is 0 Å². The largest absolute Gasteiger partial charge is 0.454 e. The molecule has 1 atom stereocenters. The minimum Gasteiger partial charge on any atom is -0.454 e. The molecule has 0 spiro atoms. The number of Topliss-reactive ketones (excluding diaryl/α,β-unsaturated/α-hetero) is 1. The summed E-state index contributed by atoms with van der Waals surface area (Å²) in [6, 6.07) is 11.6. The zero-order valence-electron chi connectivity index (χ0n) is 17.9. The van der Waals surface area contributed by atoms with Gasteiger partial charge in [0.1, 0.15) is 6.04 Å². The SMILES string of the molecule is CCCC[C@@H](C(=O)OCC(=O)Nc1cccc(C(C)=O)c1)N1C(=O)c2ccccc2C1=O. The van der Waals surface area contributed by atoms with Crippen LogP contribution in [-0.2, 0) is 14.3 Å². The topological polar surface area (TPSA) is 110 Å². The smallest absolute Gasteiger partial charge is 0.329 e. The van der Waals surface area contributed by atoms with Gasteiger partial charge in [-0.2, -0.15) is 0 Å². The number of benzene rings is 2. The lowest BCUT2D eigenvalue weighted by molar-refractivity contribution is -0.151. The van der Waals surface area contributed by atoms with Gasteiger partial charge in [0.05, 0.1) is 11.1 Å². The zero-order valence-corrected chi connectivity index (χ0v) is 17.9. The van der Waals surface area contributed by atoms with E-state index in [2.05, 4.69) is 5.32 Å². The molecule has 1 N–H and O–H groups in total. The number of esters is 1. The molecule has 0 saturated carbocycles. The predicted molar refractivity (Wildman–Crippen MR) is 116 cm³/mol. The van der Waals surface area contributed by atoms with Gasteiger partial charge in [-0.05, 0) is 37.6 Å². The molecular formula is C24H24N2O6. The summed E-state index contributed by atoms with van der Waals surface area (Å²) >= 11 is 0. The highest BCUT2D eigenvalue weighted by atomic mass is 16.5. The molecule has 3 amide bonds. The van der Waals surface area contributed by atoms with Crippen LogP contribution in [0.4, 0.5) is 5.69 Å². The lowest BCUT2D eigenvalue weighted by Gasteiger charge is -2.24. The molecule has 0 aliphatic carbocycles. The van der Waals surface area contributed by atoms with E-state index < -0.39 is 36.3 Å². The van der Waals surface area contributed by atoms with Crippen LogP contribution in [0.3, 0.4) is 0 Å². The standard InChI is InChI=1S/C24H24N2O6/c1-3-4-12-20(26-22(29)18-10-5-6-11-19(18)23(26)30)24(31)32-14-21(28)25-17-9-7-8-16(13-17)15(2)27/h5-11,13,20H,3-4,12,14H2,1-2H3,(H,25,28)/t20-/m0/s1. The summed E-state index contributed by atoms with van der Waals surface area (Å²) < 4.78 is 5.16. The van der Waals surface area contributed by atoms with Crippen LogP contribution in [0.15, 0.2) is 48.5 Å². The van der Waals surface area contributed by atoms with Crippen molar-refractivity contribution in [1.82, 2.24) is 4.90 Å². The molecule has 1 aliphatic rings. The minimum absolute atomic E-state index is 0.146. The van der Waals surface area contributed by atoms with Crippen molar-refractivity contribution in [2.45, 2.75) is 39.2 Å². The summed E-state index contributed by atoms with van der Waals surface area (Å²) in [5.74, 6) is -2.66. The van der Waals surface area contributed by atoms with Crippen molar-refractivity contribution < 1.29 is 28.7 Å². The number of carbonyl (C=O) groups is 5. The van der Waals surface area contributed by atoms with Gasteiger partial charge in [0, 0.05) is 11.3 Å². The highest BCUT2D eigenvalue weighted by Gasteiger charge is 2.43. The Bertz CT molecular complexity index is 1040. The van der Waals surface area contributed by atoms with E-state index in [0.717, 1.165) is 11.3 Å². The number of hydrogen-bond donors (Lipinski definition) is 1. The van der Waals surface area contributed by atoms with E-state index in [9.17, 15) is 24.0 Å². The van der Waals surface area contributed by atoms with Gasteiger partial charge in [-0.15, -0.1) is 0 Å². The fraction of sp³-hybridized carbons (Fsp3) is 0.292. The number of imide groups is 1. The minimum atomic E-state index is -1.11. The van der Waals surface area contributed by atoms with Crippen LogP contribution >= 0.6 is 0 Å². The third-order valence-corrected chi connectivity index (χ3v) is 5.14. The Morgan fingerprint density at radius 2 is 1.66 bits per heavy atom. The van der Waals surface area contributed by atoms with Gasteiger partial charge >= 0.3 is 5.97 Å². The first-order valence-electron chi connectivity index (χ1n) is 10.4. The Labute approximate surface area is 185 Å². The van der Waals surface area contributed by atoms with Crippen molar-refractivity contribution in [3.63, 3.8) is 0 Å². The summed E-state index contributed by atoms with van der Waals surface area (Å²) in [5.41, 5.74) is 1.32. The second-order valence-electron chi connectivity index (χ2n) is 7.48. The number of carbonyl (C=O) groups excluding carboxylic acids is 5. The number of ether oxygens (including phenoxy) is 1. The summed E-state index contributed by atoms with van der Waals surface area (Å²) in [6.07, 6.45) is 1.58. The monoisotopic (exact) mass is 436 g/mol. The number of amides is 3. The molecule has 1 heterocycles. The Hall–Kier alpha value is -3.81. The molecule has 8 nitrogen and oxygen atoms in total. The molecule has 2 aromatic rings.